The zero-order chi connectivity index (χ0) is 15.2. The molecule has 0 saturated carbocycles. The van der Waals surface area contributed by atoms with Crippen molar-refractivity contribution in [1.82, 2.24) is 10.3 Å². The Labute approximate surface area is 123 Å². The molecule has 0 aliphatic heterocycles. The molecule has 1 amide bonds. The van der Waals surface area contributed by atoms with Crippen LogP contribution in [0.1, 0.15) is 27.7 Å². The largest absolute Gasteiger partial charge is 0.497 e. The quantitative estimate of drug-likeness (QED) is 0.880. The summed E-state index contributed by atoms with van der Waals surface area (Å²) in [5.41, 5.74) is 2.04. The maximum absolute atomic E-state index is 12.0. The molecular weight excluding hydrogens is 268 g/mol. The fraction of sp³-hybridized carbons (Fsp3) is 0.250. The van der Waals surface area contributed by atoms with Gasteiger partial charge in [-0.25, -0.2) is 0 Å². The summed E-state index contributed by atoms with van der Waals surface area (Å²) in [6.07, 6.45) is 0.756. The van der Waals surface area contributed by atoms with Crippen molar-refractivity contribution in [3.63, 3.8) is 0 Å². The van der Waals surface area contributed by atoms with E-state index < -0.39 is 6.10 Å². The predicted molar refractivity (Wildman–Crippen MR) is 79.3 cm³/mol. The van der Waals surface area contributed by atoms with Crippen molar-refractivity contribution in [2.45, 2.75) is 13.0 Å². The van der Waals surface area contributed by atoms with Gasteiger partial charge in [0.2, 0.25) is 0 Å². The minimum absolute atomic E-state index is 0.128. The van der Waals surface area contributed by atoms with Crippen LogP contribution in [0.2, 0.25) is 0 Å². The average Bonchev–Trinajstić information content (AvgIpc) is 2.52. The Hall–Kier alpha value is -2.40. The second-order valence-electron chi connectivity index (χ2n) is 4.66. The Morgan fingerprint density at radius 2 is 2.14 bits per heavy atom. The zero-order valence-electron chi connectivity index (χ0n) is 12.0. The average molecular weight is 286 g/mol. The first-order valence-electron chi connectivity index (χ1n) is 6.63. The van der Waals surface area contributed by atoms with Gasteiger partial charge in [0.15, 0.2) is 0 Å². The van der Waals surface area contributed by atoms with Gasteiger partial charge in [-0.3, -0.25) is 9.78 Å². The van der Waals surface area contributed by atoms with Crippen LogP contribution >= 0.6 is 0 Å². The second kappa shape index (κ2) is 6.85. The third-order valence-corrected chi connectivity index (χ3v) is 3.20. The van der Waals surface area contributed by atoms with Crippen LogP contribution in [0.4, 0.5) is 0 Å². The summed E-state index contributed by atoms with van der Waals surface area (Å²) in [6.45, 7) is 2.05. The third-order valence-electron chi connectivity index (χ3n) is 3.20. The van der Waals surface area contributed by atoms with E-state index in [1.807, 2.05) is 31.2 Å². The van der Waals surface area contributed by atoms with E-state index in [1.54, 1.807) is 12.1 Å². The molecular formula is C16H18N2O3. The van der Waals surface area contributed by atoms with Crippen molar-refractivity contribution in [1.29, 1.82) is 0 Å². The van der Waals surface area contributed by atoms with Crippen molar-refractivity contribution < 1.29 is 14.6 Å². The van der Waals surface area contributed by atoms with Gasteiger partial charge < -0.3 is 15.2 Å². The monoisotopic (exact) mass is 286 g/mol. The molecule has 1 unspecified atom stereocenters. The zero-order valence-corrected chi connectivity index (χ0v) is 12.0. The van der Waals surface area contributed by atoms with Crippen LogP contribution in [0.5, 0.6) is 5.75 Å². The summed E-state index contributed by atoms with van der Waals surface area (Å²) in [6, 6.07) is 10.7. The predicted octanol–water partition coefficient (Wildman–Crippen LogP) is 1.86. The highest BCUT2D eigenvalue weighted by atomic mass is 16.5. The molecule has 0 radical (unpaired) electrons. The molecule has 1 aromatic heterocycles. The van der Waals surface area contributed by atoms with Crippen LogP contribution in [0.25, 0.3) is 0 Å². The maximum Gasteiger partial charge on any atom is 0.270 e. The molecule has 0 spiro atoms. The van der Waals surface area contributed by atoms with Gasteiger partial charge in [0.05, 0.1) is 13.2 Å². The molecule has 0 saturated heterocycles. The van der Waals surface area contributed by atoms with E-state index in [0.29, 0.717) is 5.75 Å². The molecule has 2 N–H and O–H groups in total. The van der Waals surface area contributed by atoms with Gasteiger partial charge in [0, 0.05) is 18.8 Å². The van der Waals surface area contributed by atoms with Gasteiger partial charge in [0.1, 0.15) is 11.4 Å². The molecule has 5 nitrogen and oxygen atoms in total. The summed E-state index contributed by atoms with van der Waals surface area (Å²) >= 11 is 0. The number of rotatable bonds is 5. The van der Waals surface area contributed by atoms with E-state index in [1.165, 1.54) is 13.3 Å². The summed E-state index contributed by atoms with van der Waals surface area (Å²) in [5, 5.41) is 12.8. The Morgan fingerprint density at radius 1 is 1.38 bits per heavy atom. The number of amides is 1. The number of hydrogen-bond acceptors (Lipinski definition) is 4. The van der Waals surface area contributed by atoms with Gasteiger partial charge in [-0.2, -0.15) is 0 Å². The number of aliphatic hydroxyl groups excluding tert-OH is 1. The van der Waals surface area contributed by atoms with Crippen molar-refractivity contribution in [3.05, 3.63) is 59.4 Å². The molecule has 1 atom stereocenters. The Balaban J connectivity index is 1.99. The molecule has 0 aliphatic rings. The summed E-state index contributed by atoms with van der Waals surface area (Å²) < 4.78 is 5.05. The summed E-state index contributed by atoms with van der Waals surface area (Å²) in [5.74, 6) is 0.219. The van der Waals surface area contributed by atoms with Gasteiger partial charge in [-0.05, 0) is 24.1 Å². The first-order valence-corrected chi connectivity index (χ1v) is 6.63. The molecule has 21 heavy (non-hydrogen) atoms. The standard InChI is InChI=1S/C16H18N2O3/c1-11-5-3-4-6-13(11)15(19)10-18-16(20)14-9-12(21-2)7-8-17-14/h3-9,15,19H,10H2,1-2H3,(H,18,20). The number of carbonyl (C=O) groups excluding carboxylic acids is 1. The molecule has 1 aromatic carbocycles. The van der Waals surface area contributed by atoms with Crippen LogP contribution in [-0.4, -0.2) is 29.7 Å². The van der Waals surface area contributed by atoms with Crippen LogP contribution in [0.3, 0.4) is 0 Å². The Kier molecular flexibility index (Phi) is 4.90. The summed E-state index contributed by atoms with van der Waals surface area (Å²) in [4.78, 5) is 16.0. The number of ether oxygens (including phenoxy) is 1. The number of benzene rings is 1. The Bertz CT molecular complexity index is 628. The number of methoxy groups -OCH3 is 1. The number of aromatic nitrogens is 1. The number of aryl methyl sites for hydroxylation is 1. The van der Waals surface area contributed by atoms with Crippen LogP contribution in [0, 0.1) is 6.92 Å². The van der Waals surface area contributed by atoms with Crippen LogP contribution in [0.15, 0.2) is 42.6 Å². The van der Waals surface area contributed by atoms with Gasteiger partial charge in [-0.1, -0.05) is 24.3 Å². The minimum atomic E-state index is -0.749. The number of nitrogens with one attached hydrogen (secondary N) is 1. The van der Waals surface area contributed by atoms with Crippen molar-refractivity contribution in [2.24, 2.45) is 0 Å². The van der Waals surface area contributed by atoms with Crippen molar-refractivity contribution in [3.8, 4) is 5.75 Å². The van der Waals surface area contributed by atoms with E-state index >= 15 is 0 Å². The first kappa shape index (κ1) is 15.0. The van der Waals surface area contributed by atoms with Gasteiger partial charge in [0.25, 0.3) is 5.91 Å². The van der Waals surface area contributed by atoms with Crippen LogP contribution in [-0.2, 0) is 0 Å². The molecule has 5 heteroatoms. The fourth-order valence-electron chi connectivity index (χ4n) is 2.01. The lowest BCUT2D eigenvalue weighted by atomic mass is 10.0. The molecule has 2 aromatic rings. The van der Waals surface area contributed by atoms with Crippen molar-refractivity contribution in [2.75, 3.05) is 13.7 Å². The number of nitrogens with zero attached hydrogens (tertiary/aromatic N) is 1. The first-order chi connectivity index (χ1) is 10.1. The lowest BCUT2D eigenvalue weighted by molar-refractivity contribution is 0.0910. The molecule has 1 heterocycles. The van der Waals surface area contributed by atoms with E-state index in [4.69, 9.17) is 4.74 Å². The van der Waals surface area contributed by atoms with E-state index in [9.17, 15) is 9.90 Å². The molecule has 2 rings (SSSR count). The van der Waals surface area contributed by atoms with E-state index in [0.717, 1.165) is 11.1 Å². The number of pyridine rings is 1. The highest BCUT2D eigenvalue weighted by Crippen LogP contribution is 2.16. The SMILES string of the molecule is COc1ccnc(C(=O)NCC(O)c2ccccc2C)c1. The molecule has 110 valence electrons. The number of hydrogen-bond donors (Lipinski definition) is 2. The molecule has 0 fully saturated rings. The fourth-order valence-corrected chi connectivity index (χ4v) is 2.01. The van der Waals surface area contributed by atoms with E-state index in [2.05, 4.69) is 10.3 Å². The molecule has 0 bridgehead atoms. The second-order valence-corrected chi connectivity index (χ2v) is 4.66. The van der Waals surface area contributed by atoms with Crippen LogP contribution < -0.4 is 10.1 Å². The van der Waals surface area contributed by atoms with Crippen molar-refractivity contribution >= 4 is 5.91 Å². The topological polar surface area (TPSA) is 71.5 Å². The number of aliphatic hydroxyl groups is 1. The third kappa shape index (κ3) is 3.79. The lowest BCUT2D eigenvalue weighted by Gasteiger charge is -2.14. The van der Waals surface area contributed by atoms with Gasteiger partial charge >= 0.3 is 0 Å². The Morgan fingerprint density at radius 3 is 2.86 bits per heavy atom. The lowest BCUT2D eigenvalue weighted by Crippen LogP contribution is -2.29. The normalized spacial score (nSPS) is 11.8. The van der Waals surface area contributed by atoms with Gasteiger partial charge in [-0.15, -0.1) is 0 Å². The van der Waals surface area contributed by atoms with E-state index in [-0.39, 0.29) is 18.1 Å². The maximum atomic E-state index is 12.0. The highest BCUT2D eigenvalue weighted by molar-refractivity contribution is 5.92. The molecule has 0 aliphatic carbocycles. The smallest absolute Gasteiger partial charge is 0.270 e. The minimum Gasteiger partial charge on any atom is -0.497 e. The number of carbonyl (C=O) groups is 1. The summed E-state index contributed by atoms with van der Waals surface area (Å²) in [7, 11) is 1.53. The highest BCUT2D eigenvalue weighted by Gasteiger charge is 2.13.